The molecule has 50 heavy (non-hydrogen) atoms. The zero-order valence-electron chi connectivity index (χ0n) is 30.1. The molecule has 4 aliphatic rings. The number of benzene rings is 1. The number of nitrogens with one attached hydrogen (secondary N) is 2. The number of rotatable bonds is 12. The fourth-order valence-corrected chi connectivity index (χ4v) is 7.85. The second-order valence-corrected chi connectivity index (χ2v) is 14.7. The van der Waals surface area contributed by atoms with Gasteiger partial charge in [-0.1, -0.05) is 19.8 Å². The molecular weight excluding hydrogens is 636 g/mol. The number of piperidine rings is 1. The number of amides is 2. The van der Waals surface area contributed by atoms with Crippen molar-refractivity contribution in [2.75, 3.05) is 48.9 Å². The summed E-state index contributed by atoms with van der Waals surface area (Å²) >= 11 is 0. The van der Waals surface area contributed by atoms with E-state index in [-0.39, 0.29) is 42.0 Å². The Kier molecular flexibility index (Phi) is 11.1. The molecule has 4 N–H and O–H groups in total. The van der Waals surface area contributed by atoms with E-state index < -0.39 is 5.54 Å². The first kappa shape index (κ1) is 35.8. The minimum Gasteiger partial charge on any atom is -0.495 e. The van der Waals surface area contributed by atoms with Gasteiger partial charge in [0.2, 0.25) is 11.9 Å². The Morgan fingerprint density at radius 2 is 1.76 bits per heavy atom. The van der Waals surface area contributed by atoms with Crippen molar-refractivity contribution in [3.8, 4) is 5.75 Å². The number of methoxy groups -OCH3 is 1. The predicted molar refractivity (Wildman–Crippen MR) is 193 cm³/mol. The highest BCUT2D eigenvalue weighted by atomic mass is 16.5. The lowest BCUT2D eigenvalue weighted by molar-refractivity contribution is -0.155. The van der Waals surface area contributed by atoms with Crippen molar-refractivity contribution in [3.05, 3.63) is 30.0 Å². The lowest BCUT2D eigenvalue weighted by Crippen LogP contribution is -2.55. The minimum atomic E-state index is -1.01. The van der Waals surface area contributed by atoms with Crippen LogP contribution in [0.15, 0.2) is 24.4 Å². The summed E-state index contributed by atoms with van der Waals surface area (Å²) in [6.07, 6.45) is 13.0. The number of esters is 1. The molecule has 272 valence electrons. The first-order valence-electron chi connectivity index (χ1n) is 18.5. The largest absolute Gasteiger partial charge is 0.495 e. The van der Waals surface area contributed by atoms with Gasteiger partial charge in [-0.25, -0.2) is 4.98 Å². The van der Waals surface area contributed by atoms with E-state index in [1.54, 1.807) is 50.4 Å². The van der Waals surface area contributed by atoms with Crippen LogP contribution in [0.1, 0.15) is 101 Å². The van der Waals surface area contributed by atoms with Gasteiger partial charge in [0, 0.05) is 44.3 Å². The molecule has 3 heterocycles. The van der Waals surface area contributed by atoms with Gasteiger partial charge in [0.15, 0.2) is 5.82 Å². The van der Waals surface area contributed by atoms with Crippen molar-refractivity contribution < 1.29 is 23.9 Å². The molecule has 0 spiro atoms. The monoisotopic (exact) mass is 690 g/mol. The highest BCUT2D eigenvalue weighted by Gasteiger charge is 2.41. The maximum atomic E-state index is 13.3. The highest BCUT2D eigenvalue weighted by molar-refractivity contribution is 6.04. The number of ether oxygens (including phenoxy) is 2. The van der Waals surface area contributed by atoms with Crippen LogP contribution in [0, 0.1) is 0 Å². The van der Waals surface area contributed by atoms with Crippen LogP contribution >= 0.6 is 0 Å². The molecule has 1 aromatic heterocycles. The van der Waals surface area contributed by atoms with Crippen LogP contribution in [0.2, 0.25) is 0 Å². The van der Waals surface area contributed by atoms with Crippen LogP contribution < -0.4 is 30.9 Å². The number of carbonyl (C=O) groups excluding carboxylic acids is 3. The molecule has 0 radical (unpaired) electrons. The summed E-state index contributed by atoms with van der Waals surface area (Å²) in [6.45, 7) is 6.14. The quantitative estimate of drug-likeness (QED) is 0.269. The number of hydrogen-bond donors (Lipinski definition) is 3. The van der Waals surface area contributed by atoms with Gasteiger partial charge in [-0.15, -0.1) is 0 Å². The van der Waals surface area contributed by atoms with Crippen molar-refractivity contribution >= 4 is 40.9 Å². The standard InChI is InChI=1S/C37H54N8O5/c1-5-29-34(47)43(3)30-23-39-36(42-32(30)45(29)26-10-6-7-11-26)41-28-15-14-24(22-31(28)49-4)33(46)40-25-16-19-44(20-17-25)21-18-37(2,38)35(48)50-27-12-8-9-13-27/h14-15,22-23,25-27,29H,5-13,16-21,38H2,1-4H3,(H,40,46)(H,39,41,42)/t29-,37?/m1/s1. The van der Waals surface area contributed by atoms with Gasteiger partial charge in [-0.2, -0.15) is 4.98 Å². The van der Waals surface area contributed by atoms with Gasteiger partial charge >= 0.3 is 5.97 Å². The van der Waals surface area contributed by atoms with Crippen molar-refractivity contribution in [2.45, 2.75) is 121 Å². The molecule has 6 rings (SSSR count). The number of anilines is 4. The van der Waals surface area contributed by atoms with Gasteiger partial charge in [-0.3, -0.25) is 14.4 Å². The molecule has 1 saturated heterocycles. The summed E-state index contributed by atoms with van der Waals surface area (Å²) in [7, 11) is 3.36. The maximum absolute atomic E-state index is 13.3. The number of carbonyl (C=O) groups is 3. The van der Waals surface area contributed by atoms with E-state index in [0.717, 1.165) is 83.1 Å². The number of likely N-dealkylation sites (N-methyl/N-ethyl adjacent to an activating group) is 1. The maximum Gasteiger partial charge on any atom is 0.326 e. The van der Waals surface area contributed by atoms with Crippen molar-refractivity contribution in [1.82, 2.24) is 20.2 Å². The third-order valence-corrected chi connectivity index (χ3v) is 11.0. The minimum absolute atomic E-state index is 0.0121. The lowest BCUT2D eigenvalue weighted by atomic mass is 9.97. The van der Waals surface area contributed by atoms with Gasteiger partial charge in [0.05, 0.1) is 19.0 Å². The Labute approximate surface area is 295 Å². The van der Waals surface area contributed by atoms with Crippen LogP contribution in [-0.4, -0.2) is 96.2 Å². The summed E-state index contributed by atoms with van der Waals surface area (Å²) in [6, 6.07) is 5.36. The van der Waals surface area contributed by atoms with Crippen LogP contribution in [-0.2, 0) is 14.3 Å². The number of hydrogen-bond acceptors (Lipinski definition) is 11. The fraction of sp³-hybridized carbons (Fsp3) is 0.649. The normalized spacial score (nSPS) is 21.9. The molecule has 2 aromatic rings. The zero-order valence-corrected chi connectivity index (χ0v) is 30.1. The number of aromatic nitrogens is 2. The molecule has 3 fully saturated rings. The Morgan fingerprint density at radius 1 is 1.06 bits per heavy atom. The topological polar surface area (TPSA) is 155 Å². The summed E-state index contributed by atoms with van der Waals surface area (Å²) in [5, 5.41) is 6.48. The summed E-state index contributed by atoms with van der Waals surface area (Å²) < 4.78 is 11.4. The summed E-state index contributed by atoms with van der Waals surface area (Å²) in [5.41, 5.74) is 7.20. The van der Waals surface area contributed by atoms with E-state index in [2.05, 4.69) is 25.4 Å². The fourth-order valence-electron chi connectivity index (χ4n) is 7.85. The Morgan fingerprint density at radius 3 is 2.44 bits per heavy atom. The second-order valence-electron chi connectivity index (χ2n) is 14.7. The highest BCUT2D eigenvalue weighted by Crippen LogP contribution is 2.40. The Bertz CT molecular complexity index is 1530. The Hall–Kier alpha value is -3.97. The third-order valence-electron chi connectivity index (χ3n) is 11.0. The van der Waals surface area contributed by atoms with E-state index in [9.17, 15) is 14.4 Å². The molecule has 13 heteroatoms. The van der Waals surface area contributed by atoms with Crippen molar-refractivity contribution in [3.63, 3.8) is 0 Å². The first-order chi connectivity index (χ1) is 24.1. The zero-order chi connectivity index (χ0) is 35.4. The first-order valence-corrected chi connectivity index (χ1v) is 18.5. The summed E-state index contributed by atoms with van der Waals surface area (Å²) in [5.74, 6) is 1.27. The van der Waals surface area contributed by atoms with Gasteiger partial charge in [0.1, 0.15) is 29.1 Å². The Balaban J connectivity index is 1.04. The molecule has 2 aliphatic heterocycles. The van der Waals surface area contributed by atoms with Crippen LogP contribution in [0.25, 0.3) is 0 Å². The molecule has 1 aromatic carbocycles. The van der Waals surface area contributed by atoms with Gasteiger partial charge in [-0.05, 0) is 89.3 Å². The van der Waals surface area contributed by atoms with Crippen LogP contribution in [0.4, 0.5) is 23.1 Å². The van der Waals surface area contributed by atoms with Crippen molar-refractivity contribution in [1.29, 1.82) is 0 Å². The molecule has 2 saturated carbocycles. The molecule has 2 atom stereocenters. The number of fused-ring (bicyclic) bond motifs is 1. The SMILES string of the molecule is CC[C@@H]1C(=O)N(C)c2cnc(Nc3ccc(C(=O)NC4CCN(CCC(C)(N)C(=O)OC5CCCC5)CC4)cc3OC)nc2N1C1CCCC1. The molecule has 2 amide bonds. The third kappa shape index (κ3) is 7.83. The molecule has 1 unspecified atom stereocenters. The smallest absolute Gasteiger partial charge is 0.326 e. The average molecular weight is 691 g/mol. The van der Waals surface area contributed by atoms with Crippen LogP contribution in [0.3, 0.4) is 0 Å². The molecular formula is C37H54N8O5. The van der Waals surface area contributed by atoms with Crippen molar-refractivity contribution in [2.24, 2.45) is 5.73 Å². The van der Waals surface area contributed by atoms with Gasteiger partial charge in [0.25, 0.3) is 5.91 Å². The van der Waals surface area contributed by atoms with E-state index in [0.29, 0.717) is 48.0 Å². The molecule has 13 nitrogen and oxygen atoms in total. The number of nitrogens with two attached hydrogens (primary N) is 1. The van der Waals surface area contributed by atoms with E-state index in [1.807, 2.05) is 6.92 Å². The molecule has 0 bridgehead atoms. The van der Waals surface area contributed by atoms with Crippen LogP contribution in [0.5, 0.6) is 5.75 Å². The average Bonchev–Trinajstić information content (AvgIpc) is 3.85. The predicted octanol–water partition coefficient (Wildman–Crippen LogP) is 4.52. The second kappa shape index (κ2) is 15.5. The lowest BCUT2D eigenvalue weighted by Gasteiger charge is -2.43. The van der Waals surface area contributed by atoms with E-state index in [4.69, 9.17) is 20.2 Å². The number of nitrogens with zero attached hydrogens (tertiary/aromatic N) is 5. The van der Waals surface area contributed by atoms with Gasteiger partial charge < -0.3 is 40.5 Å². The van der Waals surface area contributed by atoms with E-state index in [1.165, 1.54) is 0 Å². The molecule has 2 aliphatic carbocycles. The van der Waals surface area contributed by atoms with E-state index >= 15 is 0 Å². The number of likely N-dealkylation sites (tertiary alicyclic amines) is 1. The summed E-state index contributed by atoms with van der Waals surface area (Å²) in [4.78, 5) is 54.9.